The molecule has 1 aliphatic heterocycles. The number of ether oxygens (including phenoxy) is 1. The topological polar surface area (TPSA) is 37.4 Å². The summed E-state index contributed by atoms with van der Waals surface area (Å²) in [5, 5.41) is 4.75. The molecular formula is C16H27N3OS. The van der Waals surface area contributed by atoms with Crippen LogP contribution in [0.5, 0.6) is 0 Å². The molecule has 0 amide bonds. The van der Waals surface area contributed by atoms with Gasteiger partial charge in [-0.15, -0.1) is 11.3 Å². The Hall–Kier alpha value is -0.490. The van der Waals surface area contributed by atoms with E-state index in [1.807, 2.05) is 17.5 Å². The second kappa shape index (κ2) is 6.32. The highest BCUT2D eigenvalue weighted by molar-refractivity contribution is 7.11. The summed E-state index contributed by atoms with van der Waals surface area (Å²) in [7, 11) is 0. The fourth-order valence-electron chi connectivity index (χ4n) is 2.73. The number of nitrogens with one attached hydrogen (secondary N) is 1. The minimum atomic E-state index is 0.153. The summed E-state index contributed by atoms with van der Waals surface area (Å²) in [6.07, 6.45) is 5.12. The molecule has 1 aromatic heterocycles. The molecule has 1 saturated carbocycles. The largest absolute Gasteiger partial charge is 0.374 e. The van der Waals surface area contributed by atoms with E-state index in [0.29, 0.717) is 6.10 Å². The Labute approximate surface area is 131 Å². The molecule has 2 aliphatic rings. The zero-order valence-electron chi connectivity index (χ0n) is 13.4. The SMILES string of the molecule is CC(C)(C)c1ncc(CNC[C@@H]2CN(C3CC3)CCO2)s1. The average Bonchev–Trinajstić information content (AvgIpc) is 3.17. The smallest absolute Gasteiger partial charge is 0.0981 e. The van der Waals surface area contributed by atoms with Crippen LogP contribution in [0.25, 0.3) is 0 Å². The van der Waals surface area contributed by atoms with Crippen LogP contribution < -0.4 is 5.32 Å². The lowest BCUT2D eigenvalue weighted by Crippen LogP contribution is -2.47. The summed E-state index contributed by atoms with van der Waals surface area (Å²) in [5.74, 6) is 0. The fraction of sp³-hybridized carbons (Fsp3) is 0.812. The van der Waals surface area contributed by atoms with E-state index in [1.165, 1.54) is 22.7 Å². The second-order valence-corrected chi connectivity index (χ2v) is 8.35. The van der Waals surface area contributed by atoms with Crippen LogP contribution in [0.15, 0.2) is 6.20 Å². The van der Waals surface area contributed by atoms with Gasteiger partial charge in [0.2, 0.25) is 0 Å². The van der Waals surface area contributed by atoms with Gasteiger partial charge in [-0.25, -0.2) is 4.98 Å². The Morgan fingerprint density at radius 1 is 1.43 bits per heavy atom. The first-order valence-corrected chi connectivity index (χ1v) is 8.85. The molecule has 0 radical (unpaired) electrons. The zero-order valence-corrected chi connectivity index (χ0v) is 14.2. The van der Waals surface area contributed by atoms with Crippen LogP contribution in [-0.4, -0.2) is 48.3 Å². The number of nitrogens with zero attached hydrogens (tertiary/aromatic N) is 2. The number of rotatable bonds is 5. The Morgan fingerprint density at radius 2 is 2.24 bits per heavy atom. The maximum absolute atomic E-state index is 5.87. The van der Waals surface area contributed by atoms with Crippen LogP contribution in [0.1, 0.15) is 43.5 Å². The van der Waals surface area contributed by atoms with Crippen LogP contribution in [0.3, 0.4) is 0 Å². The van der Waals surface area contributed by atoms with Crippen molar-refractivity contribution in [2.75, 3.05) is 26.2 Å². The van der Waals surface area contributed by atoms with Crippen molar-refractivity contribution in [3.63, 3.8) is 0 Å². The predicted molar refractivity (Wildman–Crippen MR) is 86.9 cm³/mol. The molecule has 0 aromatic carbocycles. The van der Waals surface area contributed by atoms with Crippen molar-refractivity contribution in [1.82, 2.24) is 15.2 Å². The molecule has 1 saturated heterocycles. The molecule has 1 atom stereocenters. The maximum Gasteiger partial charge on any atom is 0.0981 e. The minimum Gasteiger partial charge on any atom is -0.374 e. The molecular weight excluding hydrogens is 282 g/mol. The molecule has 5 heteroatoms. The van der Waals surface area contributed by atoms with E-state index in [1.54, 1.807) is 0 Å². The van der Waals surface area contributed by atoms with Gasteiger partial charge >= 0.3 is 0 Å². The quantitative estimate of drug-likeness (QED) is 0.906. The second-order valence-electron chi connectivity index (χ2n) is 7.23. The number of morpholine rings is 1. The van der Waals surface area contributed by atoms with Gasteiger partial charge in [0.05, 0.1) is 17.7 Å². The fourth-order valence-corrected chi connectivity index (χ4v) is 3.67. The summed E-state index contributed by atoms with van der Waals surface area (Å²) in [6, 6.07) is 0.854. The Bertz CT molecular complexity index is 464. The highest BCUT2D eigenvalue weighted by Crippen LogP contribution is 2.28. The van der Waals surface area contributed by atoms with Crippen molar-refractivity contribution in [2.24, 2.45) is 0 Å². The molecule has 1 N–H and O–H groups in total. The highest BCUT2D eigenvalue weighted by Gasteiger charge is 2.32. The molecule has 0 spiro atoms. The summed E-state index contributed by atoms with van der Waals surface area (Å²) in [6.45, 7) is 11.6. The normalized spacial score (nSPS) is 24.4. The van der Waals surface area contributed by atoms with Crippen molar-refractivity contribution >= 4 is 11.3 Å². The lowest BCUT2D eigenvalue weighted by molar-refractivity contribution is -0.0301. The first kappa shape index (κ1) is 15.4. The van der Waals surface area contributed by atoms with E-state index in [0.717, 1.165) is 38.8 Å². The number of aromatic nitrogens is 1. The van der Waals surface area contributed by atoms with E-state index in [2.05, 4.69) is 36.0 Å². The third-order valence-corrected chi connectivity index (χ3v) is 5.52. The molecule has 4 nitrogen and oxygen atoms in total. The van der Waals surface area contributed by atoms with Crippen LogP contribution in [0, 0.1) is 0 Å². The Kier molecular flexibility index (Phi) is 4.64. The molecule has 118 valence electrons. The van der Waals surface area contributed by atoms with Crippen LogP contribution in [-0.2, 0) is 16.7 Å². The van der Waals surface area contributed by atoms with Gasteiger partial charge in [-0.1, -0.05) is 20.8 Å². The molecule has 1 aromatic rings. The van der Waals surface area contributed by atoms with Gasteiger partial charge in [0.1, 0.15) is 0 Å². The van der Waals surface area contributed by atoms with E-state index in [9.17, 15) is 0 Å². The van der Waals surface area contributed by atoms with Crippen molar-refractivity contribution in [2.45, 2.75) is 57.7 Å². The van der Waals surface area contributed by atoms with Gasteiger partial charge < -0.3 is 10.1 Å². The number of hydrogen-bond donors (Lipinski definition) is 1. The van der Waals surface area contributed by atoms with Gasteiger partial charge in [0.25, 0.3) is 0 Å². The van der Waals surface area contributed by atoms with Gasteiger partial charge in [-0.3, -0.25) is 4.90 Å². The summed E-state index contributed by atoms with van der Waals surface area (Å²) >= 11 is 1.82. The van der Waals surface area contributed by atoms with Crippen LogP contribution in [0.4, 0.5) is 0 Å². The van der Waals surface area contributed by atoms with Crippen molar-refractivity contribution in [1.29, 1.82) is 0 Å². The minimum absolute atomic E-state index is 0.153. The molecule has 3 rings (SSSR count). The molecule has 2 heterocycles. The highest BCUT2D eigenvalue weighted by atomic mass is 32.1. The molecule has 0 bridgehead atoms. The van der Waals surface area contributed by atoms with Gasteiger partial charge in [-0.2, -0.15) is 0 Å². The molecule has 2 fully saturated rings. The van der Waals surface area contributed by atoms with Crippen LogP contribution >= 0.6 is 11.3 Å². The first-order chi connectivity index (χ1) is 10.0. The van der Waals surface area contributed by atoms with Crippen molar-refractivity contribution in [3.05, 3.63) is 16.1 Å². The van der Waals surface area contributed by atoms with E-state index in [-0.39, 0.29) is 5.41 Å². The Balaban J connectivity index is 1.42. The average molecular weight is 309 g/mol. The van der Waals surface area contributed by atoms with Crippen LogP contribution in [0.2, 0.25) is 0 Å². The molecule has 0 unspecified atom stereocenters. The molecule has 21 heavy (non-hydrogen) atoms. The predicted octanol–water partition coefficient (Wildman–Crippen LogP) is 2.39. The van der Waals surface area contributed by atoms with Gasteiger partial charge in [0.15, 0.2) is 0 Å². The lowest BCUT2D eigenvalue weighted by Gasteiger charge is -2.33. The van der Waals surface area contributed by atoms with Crippen molar-refractivity contribution in [3.8, 4) is 0 Å². The Morgan fingerprint density at radius 3 is 2.90 bits per heavy atom. The van der Waals surface area contributed by atoms with E-state index < -0.39 is 0 Å². The van der Waals surface area contributed by atoms with E-state index in [4.69, 9.17) is 4.74 Å². The zero-order chi connectivity index (χ0) is 14.9. The summed E-state index contributed by atoms with van der Waals surface area (Å²) < 4.78 is 5.87. The third kappa shape index (κ3) is 4.25. The molecule has 1 aliphatic carbocycles. The maximum atomic E-state index is 5.87. The standard InChI is InChI=1S/C16H27N3OS/c1-16(2,3)15-18-10-14(21-15)9-17-8-13-11-19(6-7-20-13)12-4-5-12/h10,12-13,17H,4-9,11H2,1-3H3/t13-/m1/s1. The summed E-state index contributed by atoms with van der Waals surface area (Å²) in [5.41, 5.74) is 0.153. The first-order valence-electron chi connectivity index (χ1n) is 8.04. The third-order valence-electron chi connectivity index (χ3n) is 4.10. The summed E-state index contributed by atoms with van der Waals surface area (Å²) in [4.78, 5) is 8.45. The van der Waals surface area contributed by atoms with Gasteiger partial charge in [0, 0.05) is 48.7 Å². The lowest BCUT2D eigenvalue weighted by atomic mass is 9.98. The number of hydrogen-bond acceptors (Lipinski definition) is 5. The monoisotopic (exact) mass is 309 g/mol. The van der Waals surface area contributed by atoms with E-state index >= 15 is 0 Å². The number of thiazole rings is 1. The van der Waals surface area contributed by atoms with Crippen molar-refractivity contribution < 1.29 is 4.74 Å². The van der Waals surface area contributed by atoms with Gasteiger partial charge in [-0.05, 0) is 12.8 Å².